The summed E-state index contributed by atoms with van der Waals surface area (Å²) in [5.74, 6) is -0.597. The van der Waals surface area contributed by atoms with Crippen LogP contribution in [-0.4, -0.2) is 28.5 Å². The number of carbonyl (C=O) groups is 2. The van der Waals surface area contributed by atoms with Gasteiger partial charge in [-0.2, -0.15) is 0 Å². The molecular weight excluding hydrogens is 310 g/mol. The lowest BCUT2D eigenvalue weighted by atomic mass is 10.2. The molecule has 0 aliphatic heterocycles. The number of nitrogens with zero attached hydrogens (tertiary/aromatic N) is 2. The molecule has 0 spiro atoms. The highest BCUT2D eigenvalue weighted by atomic mass is 16.5. The van der Waals surface area contributed by atoms with Crippen LogP contribution in [0.1, 0.15) is 25.7 Å². The summed E-state index contributed by atoms with van der Waals surface area (Å²) in [6.07, 6.45) is 1.48. The lowest BCUT2D eigenvalue weighted by Gasteiger charge is -2.01. The van der Waals surface area contributed by atoms with Crippen LogP contribution in [0.3, 0.4) is 0 Å². The standard InChI is InChI=1S/C17H15N3O4/c1-3-23-17(22)14-8-11(6-7-18-14)16-20-13-5-4-12(19-10(2)21)9-15(13)24-16/h4-9H,3H2,1-2H3,(H,19,21)/i2D. The van der Waals surface area contributed by atoms with E-state index in [1.807, 2.05) is 0 Å². The number of esters is 1. The zero-order chi connectivity index (χ0) is 17.8. The normalized spacial score (nSPS) is 11.1. The Morgan fingerprint density at radius 2 is 2.21 bits per heavy atom. The van der Waals surface area contributed by atoms with Crippen LogP contribution < -0.4 is 5.32 Å². The van der Waals surface area contributed by atoms with E-state index in [-0.39, 0.29) is 19.2 Å². The first kappa shape index (κ1) is 14.4. The molecule has 0 aliphatic carbocycles. The van der Waals surface area contributed by atoms with Crippen LogP contribution >= 0.6 is 0 Å². The van der Waals surface area contributed by atoms with E-state index in [0.717, 1.165) is 0 Å². The van der Waals surface area contributed by atoms with Crippen LogP contribution in [0.15, 0.2) is 40.9 Å². The van der Waals surface area contributed by atoms with Crippen molar-refractivity contribution in [2.75, 3.05) is 11.9 Å². The van der Waals surface area contributed by atoms with Gasteiger partial charge in [0.2, 0.25) is 11.8 Å². The maximum atomic E-state index is 11.8. The number of rotatable bonds is 4. The molecule has 0 unspecified atom stereocenters. The Labute approximate surface area is 139 Å². The van der Waals surface area contributed by atoms with E-state index < -0.39 is 11.9 Å². The largest absolute Gasteiger partial charge is 0.461 e. The highest BCUT2D eigenvalue weighted by Gasteiger charge is 2.13. The molecule has 2 aromatic heterocycles. The van der Waals surface area contributed by atoms with Crippen molar-refractivity contribution in [3.63, 3.8) is 0 Å². The minimum atomic E-state index is -0.513. The molecule has 7 nitrogen and oxygen atoms in total. The van der Waals surface area contributed by atoms with Crippen LogP contribution in [0.2, 0.25) is 0 Å². The molecule has 0 bridgehead atoms. The Morgan fingerprint density at radius 1 is 1.33 bits per heavy atom. The topological polar surface area (TPSA) is 94.3 Å². The minimum absolute atomic E-state index is 0.171. The van der Waals surface area contributed by atoms with E-state index in [0.29, 0.717) is 28.2 Å². The molecule has 0 radical (unpaired) electrons. The Kier molecular flexibility index (Phi) is 3.89. The monoisotopic (exact) mass is 326 g/mol. The maximum absolute atomic E-state index is 11.8. The van der Waals surface area contributed by atoms with Gasteiger partial charge in [-0.1, -0.05) is 0 Å². The lowest BCUT2D eigenvalue weighted by molar-refractivity contribution is -0.114. The smallest absolute Gasteiger partial charge is 0.356 e. The molecule has 1 amide bonds. The van der Waals surface area contributed by atoms with Gasteiger partial charge in [0.1, 0.15) is 11.2 Å². The minimum Gasteiger partial charge on any atom is -0.461 e. The van der Waals surface area contributed by atoms with E-state index in [2.05, 4.69) is 15.3 Å². The van der Waals surface area contributed by atoms with Gasteiger partial charge in [-0.15, -0.1) is 0 Å². The summed E-state index contributed by atoms with van der Waals surface area (Å²) >= 11 is 0. The fraction of sp³-hybridized carbons (Fsp3) is 0.176. The van der Waals surface area contributed by atoms with Crippen LogP contribution in [0.25, 0.3) is 22.6 Å². The molecule has 0 aliphatic rings. The van der Waals surface area contributed by atoms with Gasteiger partial charge in [0.25, 0.3) is 0 Å². The number of aromatic nitrogens is 2. The Hall–Kier alpha value is -3.22. The van der Waals surface area contributed by atoms with Crippen molar-refractivity contribution in [2.45, 2.75) is 13.8 Å². The maximum Gasteiger partial charge on any atom is 0.356 e. The molecule has 0 saturated carbocycles. The van der Waals surface area contributed by atoms with E-state index in [1.54, 1.807) is 37.3 Å². The summed E-state index contributed by atoms with van der Waals surface area (Å²) in [7, 11) is 0. The SMILES string of the molecule is [2H]CC(=O)Nc1ccc2nc(-c3ccnc(C(=O)OCC)c3)oc2c1. The molecule has 7 heteroatoms. The quantitative estimate of drug-likeness (QED) is 0.741. The van der Waals surface area contributed by atoms with Crippen molar-refractivity contribution in [3.05, 3.63) is 42.2 Å². The Balaban J connectivity index is 1.92. The number of nitrogens with one attached hydrogen (secondary N) is 1. The fourth-order valence-electron chi connectivity index (χ4n) is 2.17. The number of carbonyl (C=O) groups excluding carboxylic acids is 2. The van der Waals surface area contributed by atoms with Crippen molar-refractivity contribution in [3.8, 4) is 11.5 Å². The molecule has 2 heterocycles. The lowest BCUT2D eigenvalue weighted by Crippen LogP contribution is -2.06. The highest BCUT2D eigenvalue weighted by Crippen LogP contribution is 2.26. The van der Waals surface area contributed by atoms with Crippen molar-refractivity contribution in [1.82, 2.24) is 9.97 Å². The summed E-state index contributed by atoms with van der Waals surface area (Å²) in [5.41, 5.74) is 2.37. The zero-order valence-electron chi connectivity index (χ0n) is 13.9. The highest BCUT2D eigenvalue weighted by molar-refractivity contribution is 5.91. The third kappa shape index (κ3) is 3.24. The molecule has 3 rings (SSSR count). The molecule has 0 fully saturated rings. The van der Waals surface area contributed by atoms with Crippen molar-refractivity contribution < 1.29 is 20.1 Å². The molecule has 0 saturated heterocycles. The van der Waals surface area contributed by atoms with Gasteiger partial charge >= 0.3 is 5.97 Å². The number of pyridine rings is 1. The van der Waals surface area contributed by atoms with Crippen molar-refractivity contribution in [2.24, 2.45) is 0 Å². The number of oxazole rings is 1. The van der Waals surface area contributed by atoms with Gasteiger partial charge in [-0.3, -0.25) is 4.79 Å². The number of hydrogen-bond acceptors (Lipinski definition) is 6. The van der Waals surface area contributed by atoms with Crippen LogP contribution in [0.4, 0.5) is 5.69 Å². The molecular formula is C17H15N3O4. The summed E-state index contributed by atoms with van der Waals surface area (Å²) in [6.45, 7) is 1.63. The Bertz CT molecular complexity index is 939. The van der Waals surface area contributed by atoms with Crippen molar-refractivity contribution >= 4 is 28.7 Å². The van der Waals surface area contributed by atoms with Crippen LogP contribution in [0, 0.1) is 0 Å². The average molecular weight is 326 g/mol. The molecule has 24 heavy (non-hydrogen) atoms. The van der Waals surface area contributed by atoms with Gasteiger partial charge in [-0.05, 0) is 31.2 Å². The second-order valence-electron chi connectivity index (χ2n) is 4.90. The van der Waals surface area contributed by atoms with Gasteiger partial charge in [0.05, 0.1) is 6.61 Å². The van der Waals surface area contributed by atoms with Crippen LogP contribution in [0.5, 0.6) is 0 Å². The number of benzene rings is 1. The van der Waals surface area contributed by atoms with Gasteiger partial charge < -0.3 is 14.5 Å². The summed E-state index contributed by atoms with van der Waals surface area (Å²) in [5, 5.41) is 2.59. The first-order valence-corrected chi connectivity index (χ1v) is 7.24. The predicted octanol–water partition coefficient (Wildman–Crippen LogP) is 3.02. The number of ether oxygens (including phenoxy) is 1. The summed E-state index contributed by atoms with van der Waals surface area (Å²) in [6, 6.07) is 8.24. The zero-order valence-corrected chi connectivity index (χ0v) is 12.9. The summed E-state index contributed by atoms with van der Waals surface area (Å²) < 4.78 is 17.7. The van der Waals surface area contributed by atoms with Gasteiger partial charge in [0, 0.05) is 31.8 Å². The summed E-state index contributed by atoms with van der Waals surface area (Å²) in [4.78, 5) is 31.4. The van der Waals surface area contributed by atoms with E-state index in [1.165, 1.54) is 6.20 Å². The third-order valence-corrected chi connectivity index (χ3v) is 3.16. The molecule has 1 N–H and O–H groups in total. The molecule has 3 aromatic rings. The molecule has 122 valence electrons. The Morgan fingerprint density at radius 3 is 3.00 bits per heavy atom. The molecule has 0 atom stereocenters. The average Bonchev–Trinajstić information content (AvgIpc) is 3.05. The van der Waals surface area contributed by atoms with Gasteiger partial charge in [-0.25, -0.2) is 14.8 Å². The van der Waals surface area contributed by atoms with E-state index >= 15 is 0 Å². The number of anilines is 1. The number of amides is 1. The molecule has 1 aromatic carbocycles. The second kappa shape index (κ2) is 6.49. The number of hydrogen-bond donors (Lipinski definition) is 1. The first-order valence-electron chi connectivity index (χ1n) is 7.94. The number of fused-ring (bicyclic) bond motifs is 1. The first-order chi connectivity index (χ1) is 12.1. The van der Waals surface area contributed by atoms with Crippen molar-refractivity contribution in [1.29, 1.82) is 0 Å². The van der Waals surface area contributed by atoms with Gasteiger partial charge in [0.15, 0.2) is 5.58 Å². The van der Waals surface area contributed by atoms with E-state index in [9.17, 15) is 9.59 Å². The van der Waals surface area contributed by atoms with E-state index in [4.69, 9.17) is 10.5 Å². The predicted molar refractivity (Wildman–Crippen MR) is 87.5 cm³/mol. The third-order valence-electron chi connectivity index (χ3n) is 3.16. The fourth-order valence-corrected chi connectivity index (χ4v) is 2.17. The second-order valence-corrected chi connectivity index (χ2v) is 4.90. The van der Waals surface area contributed by atoms with Crippen LogP contribution in [-0.2, 0) is 9.53 Å².